The standard InChI is InChI=1S/C14H20FNO3/c1-14(17,8-10-9-19-7-6-16-10)11-4-3-5-12(18-2)13(11)15/h3-5,10,16-17H,6-9H2,1-2H3. The molecule has 2 atom stereocenters. The van der Waals surface area contributed by atoms with E-state index in [-0.39, 0.29) is 17.4 Å². The van der Waals surface area contributed by atoms with Crippen molar-refractivity contribution in [3.05, 3.63) is 29.6 Å². The van der Waals surface area contributed by atoms with E-state index in [4.69, 9.17) is 9.47 Å². The van der Waals surface area contributed by atoms with Gasteiger partial charge >= 0.3 is 0 Å². The van der Waals surface area contributed by atoms with Gasteiger partial charge < -0.3 is 19.9 Å². The number of aliphatic hydroxyl groups is 1. The predicted molar refractivity (Wildman–Crippen MR) is 69.7 cm³/mol. The Kier molecular flexibility index (Phi) is 4.39. The van der Waals surface area contributed by atoms with Crippen LogP contribution in [0.3, 0.4) is 0 Å². The first-order valence-electron chi connectivity index (χ1n) is 6.41. The predicted octanol–water partition coefficient (Wildman–Crippen LogP) is 1.42. The Morgan fingerprint density at radius 3 is 3.00 bits per heavy atom. The summed E-state index contributed by atoms with van der Waals surface area (Å²) in [7, 11) is 1.41. The number of morpholine rings is 1. The van der Waals surface area contributed by atoms with Crippen molar-refractivity contribution in [3.63, 3.8) is 0 Å². The minimum Gasteiger partial charge on any atom is -0.494 e. The van der Waals surface area contributed by atoms with Crippen LogP contribution in [-0.2, 0) is 10.3 Å². The van der Waals surface area contributed by atoms with Crippen molar-refractivity contribution in [3.8, 4) is 5.75 Å². The summed E-state index contributed by atoms with van der Waals surface area (Å²) in [4.78, 5) is 0. The van der Waals surface area contributed by atoms with Gasteiger partial charge in [-0.15, -0.1) is 0 Å². The van der Waals surface area contributed by atoms with Crippen molar-refractivity contribution >= 4 is 0 Å². The summed E-state index contributed by atoms with van der Waals surface area (Å²) >= 11 is 0. The van der Waals surface area contributed by atoms with Crippen LogP contribution in [0.1, 0.15) is 18.9 Å². The van der Waals surface area contributed by atoms with Crippen molar-refractivity contribution < 1.29 is 19.0 Å². The van der Waals surface area contributed by atoms with Gasteiger partial charge in [0.05, 0.1) is 25.9 Å². The van der Waals surface area contributed by atoms with Crippen molar-refractivity contribution in [2.24, 2.45) is 0 Å². The normalized spacial score (nSPS) is 22.8. The fourth-order valence-electron chi connectivity index (χ4n) is 2.42. The third-order valence-corrected chi connectivity index (χ3v) is 3.41. The zero-order valence-electron chi connectivity index (χ0n) is 11.3. The molecule has 19 heavy (non-hydrogen) atoms. The highest BCUT2D eigenvalue weighted by Gasteiger charge is 2.32. The summed E-state index contributed by atoms with van der Waals surface area (Å²) in [5, 5.41) is 13.8. The van der Waals surface area contributed by atoms with E-state index in [9.17, 15) is 9.50 Å². The SMILES string of the molecule is COc1cccc(C(C)(O)CC2COCCN2)c1F. The fraction of sp³-hybridized carbons (Fsp3) is 0.571. The molecular formula is C14H20FNO3. The van der Waals surface area contributed by atoms with Gasteiger partial charge in [0.2, 0.25) is 0 Å². The van der Waals surface area contributed by atoms with Crippen LogP contribution in [0.2, 0.25) is 0 Å². The molecule has 1 fully saturated rings. The van der Waals surface area contributed by atoms with E-state index in [1.165, 1.54) is 13.2 Å². The molecule has 0 amide bonds. The lowest BCUT2D eigenvalue weighted by atomic mass is 9.88. The smallest absolute Gasteiger partial charge is 0.171 e. The van der Waals surface area contributed by atoms with Crippen LogP contribution in [0.15, 0.2) is 18.2 Å². The third kappa shape index (κ3) is 3.23. The first kappa shape index (κ1) is 14.2. The minimum atomic E-state index is -1.27. The van der Waals surface area contributed by atoms with Crippen LogP contribution >= 0.6 is 0 Å². The first-order valence-corrected chi connectivity index (χ1v) is 6.41. The highest BCUT2D eigenvalue weighted by Crippen LogP contribution is 2.32. The zero-order chi connectivity index (χ0) is 13.9. The lowest BCUT2D eigenvalue weighted by Crippen LogP contribution is -2.45. The summed E-state index contributed by atoms with van der Waals surface area (Å²) in [5.41, 5.74) is -1.02. The van der Waals surface area contributed by atoms with Crippen LogP contribution in [0.4, 0.5) is 4.39 Å². The van der Waals surface area contributed by atoms with E-state index in [0.717, 1.165) is 6.54 Å². The molecule has 4 nitrogen and oxygen atoms in total. The zero-order valence-corrected chi connectivity index (χ0v) is 11.3. The molecule has 0 bridgehead atoms. The molecule has 1 aromatic carbocycles. The first-order chi connectivity index (χ1) is 9.04. The van der Waals surface area contributed by atoms with Crippen LogP contribution in [0.5, 0.6) is 5.75 Å². The number of halogens is 1. The molecule has 0 saturated carbocycles. The van der Waals surface area contributed by atoms with E-state index in [1.54, 1.807) is 19.1 Å². The van der Waals surface area contributed by atoms with Gasteiger partial charge in [0, 0.05) is 18.2 Å². The average Bonchev–Trinajstić information content (AvgIpc) is 2.39. The minimum absolute atomic E-state index is 0.0225. The second kappa shape index (κ2) is 5.86. The second-order valence-corrected chi connectivity index (χ2v) is 5.03. The van der Waals surface area contributed by atoms with Gasteiger partial charge in [-0.3, -0.25) is 0 Å². The van der Waals surface area contributed by atoms with Gasteiger partial charge in [-0.25, -0.2) is 4.39 Å². The van der Waals surface area contributed by atoms with E-state index in [1.807, 2.05) is 0 Å². The largest absolute Gasteiger partial charge is 0.494 e. The van der Waals surface area contributed by atoms with Crippen molar-refractivity contribution in [2.45, 2.75) is 25.0 Å². The van der Waals surface area contributed by atoms with Gasteiger partial charge in [0.1, 0.15) is 0 Å². The van der Waals surface area contributed by atoms with Crippen molar-refractivity contribution in [1.82, 2.24) is 5.32 Å². The second-order valence-electron chi connectivity index (χ2n) is 5.03. The molecule has 1 saturated heterocycles. The lowest BCUT2D eigenvalue weighted by molar-refractivity contribution is 0.000873. The Labute approximate surface area is 112 Å². The molecule has 0 aromatic heterocycles. The van der Waals surface area contributed by atoms with Crippen LogP contribution in [0.25, 0.3) is 0 Å². The summed E-state index contributed by atoms with van der Waals surface area (Å²) in [6.07, 6.45) is 0.386. The topological polar surface area (TPSA) is 50.7 Å². The number of benzene rings is 1. The average molecular weight is 269 g/mol. The van der Waals surface area contributed by atoms with E-state index >= 15 is 0 Å². The van der Waals surface area contributed by atoms with Gasteiger partial charge in [0.15, 0.2) is 11.6 Å². The monoisotopic (exact) mass is 269 g/mol. The summed E-state index contributed by atoms with van der Waals surface area (Å²) < 4.78 is 24.5. The van der Waals surface area contributed by atoms with E-state index < -0.39 is 11.4 Å². The number of hydrogen-bond acceptors (Lipinski definition) is 4. The summed E-state index contributed by atoms with van der Waals surface area (Å²) in [6.45, 7) is 3.57. The maximum absolute atomic E-state index is 14.2. The molecule has 5 heteroatoms. The number of methoxy groups -OCH3 is 1. The molecule has 1 aliphatic heterocycles. The van der Waals surface area contributed by atoms with Gasteiger partial charge in [-0.2, -0.15) is 0 Å². The fourth-order valence-corrected chi connectivity index (χ4v) is 2.42. The summed E-state index contributed by atoms with van der Waals surface area (Å²) in [6, 6.07) is 4.82. The maximum Gasteiger partial charge on any atom is 0.171 e. The van der Waals surface area contributed by atoms with E-state index in [2.05, 4.69) is 5.32 Å². The van der Waals surface area contributed by atoms with Gasteiger partial charge in [0.25, 0.3) is 0 Å². The van der Waals surface area contributed by atoms with Crippen LogP contribution in [-0.4, -0.2) is 38.0 Å². The Bertz CT molecular complexity index is 431. The third-order valence-electron chi connectivity index (χ3n) is 3.41. The Morgan fingerprint density at radius 1 is 1.58 bits per heavy atom. The molecule has 2 unspecified atom stereocenters. The number of ether oxygens (including phenoxy) is 2. The molecular weight excluding hydrogens is 249 g/mol. The Morgan fingerprint density at radius 2 is 2.37 bits per heavy atom. The molecule has 2 rings (SSSR count). The highest BCUT2D eigenvalue weighted by molar-refractivity contribution is 5.34. The van der Waals surface area contributed by atoms with Crippen LogP contribution in [0, 0.1) is 5.82 Å². The number of nitrogens with one attached hydrogen (secondary N) is 1. The van der Waals surface area contributed by atoms with Gasteiger partial charge in [-0.05, 0) is 19.4 Å². The molecule has 0 radical (unpaired) electrons. The van der Waals surface area contributed by atoms with Crippen LogP contribution < -0.4 is 10.1 Å². The number of hydrogen-bond donors (Lipinski definition) is 2. The molecule has 0 aliphatic carbocycles. The molecule has 1 aliphatic rings. The summed E-state index contributed by atoms with van der Waals surface area (Å²) in [5.74, 6) is -0.364. The quantitative estimate of drug-likeness (QED) is 0.868. The molecule has 106 valence electrons. The Balaban J connectivity index is 2.18. The Hall–Kier alpha value is -1.17. The van der Waals surface area contributed by atoms with Gasteiger partial charge in [-0.1, -0.05) is 12.1 Å². The van der Waals surface area contributed by atoms with Crippen molar-refractivity contribution in [1.29, 1.82) is 0 Å². The number of rotatable bonds is 4. The molecule has 1 aromatic rings. The maximum atomic E-state index is 14.2. The van der Waals surface area contributed by atoms with E-state index in [0.29, 0.717) is 19.6 Å². The molecule has 0 spiro atoms. The lowest BCUT2D eigenvalue weighted by Gasteiger charge is -2.32. The molecule has 1 heterocycles. The molecule has 2 N–H and O–H groups in total. The highest BCUT2D eigenvalue weighted by atomic mass is 19.1. The van der Waals surface area contributed by atoms with Crippen molar-refractivity contribution in [2.75, 3.05) is 26.9 Å².